The molecule has 2 nitrogen and oxygen atoms in total. The molecule has 0 unspecified atom stereocenters. The number of rotatable bonds is 2. The van der Waals surface area contributed by atoms with Crippen molar-refractivity contribution in [3.05, 3.63) is 35.1 Å². The summed E-state index contributed by atoms with van der Waals surface area (Å²) >= 11 is 6.22. The molecule has 14 heavy (non-hydrogen) atoms. The Kier molecular flexibility index (Phi) is 2.64. The lowest BCUT2D eigenvalue weighted by atomic mass is 10.1. The van der Waals surface area contributed by atoms with Gasteiger partial charge in [-0.15, -0.1) is 0 Å². The predicted molar refractivity (Wildman–Crippen MR) is 58.5 cm³/mol. The molecule has 0 aliphatic rings. The van der Waals surface area contributed by atoms with Crippen LogP contribution >= 0.6 is 11.6 Å². The van der Waals surface area contributed by atoms with E-state index in [9.17, 15) is 0 Å². The van der Waals surface area contributed by atoms with Crippen molar-refractivity contribution in [2.45, 2.75) is 19.8 Å². The van der Waals surface area contributed by atoms with Crippen molar-refractivity contribution in [2.24, 2.45) is 0 Å². The van der Waals surface area contributed by atoms with Crippen LogP contribution in [-0.2, 0) is 6.42 Å². The normalized spacial score (nSPS) is 10.7. The minimum atomic E-state index is 0.748. The predicted octanol–water partition coefficient (Wildman–Crippen LogP) is 3.24. The molecular weight excluding hydrogens is 196 g/mol. The lowest BCUT2D eigenvalue weighted by molar-refractivity contribution is 0.923. The van der Waals surface area contributed by atoms with Crippen LogP contribution in [0.25, 0.3) is 11.0 Å². The van der Waals surface area contributed by atoms with Crippen LogP contribution in [0.2, 0.25) is 5.02 Å². The molecule has 0 aliphatic heterocycles. The highest BCUT2D eigenvalue weighted by atomic mass is 35.5. The summed E-state index contributed by atoms with van der Waals surface area (Å²) in [7, 11) is 0. The third kappa shape index (κ3) is 1.58. The smallest absolute Gasteiger partial charge is 0.108 e. The average Bonchev–Trinajstić information content (AvgIpc) is 2.23. The molecule has 0 aliphatic carbocycles. The zero-order chi connectivity index (χ0) is 9.97. The van der Waals surface area contributed by atoms with Crippen LogP contribution in [-0.4, -0.2) is 9.97 Å². The SMILES string of the molecule is CCCc1ccc2nccnc2c1Cl. The van der Waals surface area contributed by atoms with Gasteiger partial charge in [0.1, 0.15) is 5.52 Å². The van der Waals surface area contributed by atoms with E-state index in [0.29, 0.717) is 0 Å². The van der Waals surface area contributed by atoms with Crippen LogP contribution in [0.3, 0.4) is 0 Å². The summed E-state index contributed by atoms with van der Waals surface area (Å²) in [5.41, 5.74) is 2.82. The quantitative estimate of drug-likeness (QED) is 0.754. The fourth-order valence-corrected chi connectivity index (χ4v) is 1.81. The Morgan fingerprint density at radius 2 is 2.00 bits per heavy atom. The molecule has 0 bridgehead atoms. The maximum Gasteiger partial charge on any atom is 0.108 e. The fourth-order valence-electron chi connectivity index (χ4n) is 1.51. The van der Waals surface area contributed by atoms with E-state index in [2.05, 4.69) is 16.9 Å². The summed E-state index contributed by atoms with van der Waals surface area (Å²) in [4.78, 5) is 8.43. The van der Waals surface area contributed by atoms with E-state index in [1.54, 1.807) is 12.4 Å². The lowest BCUT2D eigenvalue weighted by Crippen LogP contribution is -1.89. The summed E-state index contributed by atoms with van der Waals surface area (Å²) in [6.45, 7) is 2.14. The number of aryl methyl sites for hydroxylation is 1. The van der Waals surface area contributed by atoms with E-state index in [-0.39, 0.29) is 0 Å². The molecule has 2 aromatic rings. The Morgan fingerprint density at radius 1 is 1.21 bits per heavy atom. The minimum absolute atomic E-state index is 0.748. The second-order valence-electron chi connectivity index (χ2n) is 3.21. The third-order valence-electron chi connectivity index (χ3n) is 2.18. The highest BCUT2D eigenvalue weighted by molar-refractivity contribution is 6.35. The Bertz CT molecular complexity index is 454. The first-order chi connectivity index (χ1) is 6.83. The topological polar surface area (TPSA) is 25.8 Å². The first-order valence-corrected chi connectivity index (χ1v) is 5.09. The van der Waals surface area contributed by atoms with Crippen LogP contribution in [0.1, 0.15) is 18.9 Å². The molecule has 0 saturated carbocycles. The van der Waals surface area contributed by atoms with Crippen LogP contribution in [0.15, 0.2) is 24.5 Å². The van der Waals surface area contributed by atoms with Crippen LogP contribution < -0.4 is 0 Å². The highest BCUT2D eigenvalue weighted by Crippen LogP contribution is 2.24. The van der Waals surface area contributed by atoms with Crippen LogP contribution in [0, 0.1) is 0 Å². The molecule has 0 amide bonds. The molecule has 0 saturated heterocycles. The van der Waals surface area contributed by atoms with Gasteiger partial charge >= 0.3 is 0 Å². The Labute approximate surface area is 88.0 Å². The van der Waals surface area contributed by atoms with Gasteiger partial charge in [0.05, 0.1) is 10.5 Å². The molecule has 0 N–H and O–H groups in total. The molecule has 0 atom stereocenters. The van der Waals surface area contributed by atoms with Gasteiger partial charge in [0.25, 0.3) is 0 Å². The number of aromatic nitrogens is 2. The zero-order valence-corrected chi connectivity index (χ0v) is 8.75. The number of halogens is 1. The van der Waals surface area contributed by atoms with Crippen molar-refractivity contribution in [3.63, 3.8) is 0 Å². The maximum absolute atomic E-state index is 6.22. The van der Waals surface area contributed by atoms with Crippen LogP contribution in [0.5, 0.6) is 0 Å². The number of nitrogens with zero attached hydrogens (tertiary/aromatic N) is 2. The molecule has 0 fully saturated rings. The summed E-state index contributed by atoms with van der Waals surface area (Å²) in [5.74, 6) is 0. The summed E-state index contributed by atoms with van der Waals surface area (Å²) in [6.07, 6.45) is 5.43. The molecule has 2 rings (SSSR count). The van der Waals surface area contributed by atoms with Crippen molar-refractivity contribution in [1.82, 2.24) is 9.97 Å². The van der Waals surface area contributed by atoms with E-state index in [1.807, 2.05) is 12.1 Å². The monoisotopic (exact) mass is 206 g/mol. The standard InChI is InChI=1S/C11H11ClN2/c1-2-3-8-4-5-9-11(10(8)12)14-7-6-13-9/h4-7H,2-3H2,1H3. The number of hydrogen-bond donors (Lipinski definition) is 0. The van der Waals surface area contributed by atoms with E-state index in [0.717, 1.165) is 34.5 Å². The molecule has 0 spiro atoms. The molecule has 0 radical (unpaired) electrons. The van der Waals surface area contributed by atoms with Crippen molar-refractivity contribution >= 4 is 22.6 Å². The zero-order valence-electron chi connectivity index (χ0n) is 8.00. The van der Waals surface area contributed by atoms with E-state index in [1.165, 1.54) is 0 Å². The highest BCUT2D eigenvalue weighted by Gasteiger charge is 2.05. The number of fused-ring (bicyclic) bond motifs is 1. The Hall–Kier alpha value is -1.15. The maximum atomic E-state index is 6.22. The van der Waals surface area contributed by atoms with Gasteiger partial charge in [0, 0.05) is 12.4 Å². The minimum Gasteiger partial charge on any atom is -0.253 e. The van der Waals surface area contributed by atoms with Gasteiger partial charge in [-0.2, -0.15) is 0 Å². The molecular formula is C11H11ClN2. The van der Waals surface area contributed by atoms with Gasteiger partial charge in [0.15, 0.2) is 0 Å². The third-order valence-corrected chi connectivity index (χ3v) is 2.60. The first-order valence-electron chi connectivity index (χ1n) is 4.71. The van der Waals surface area contributed by atoms with Crippen LogP contribution in [0.4, 0.5) is 0 Å². The largest absolute Gasteiger partial charge is 0.253 e. The van der Waals surface area contributed by atoms with Gasteiger partial charge in [-0.05, 0) is 18.1 Å². The van der Waals surface area contributed by atoms with Gasteiger partial charge in [0.2, 0.25) is 0 Å². The fraction of sp³-hybridized carbons (Fsp3) is 0.273. The van der Waals surface area contributed by atoms with Crippen molar-refractivity contribution in [1.29, 1.82) is 0 Å². The summed E-state index contributed by atoms with van der Waals surface area (Å²) in [6, 6.07) is 4.00. The molecule has 72 valence electrons. The van der Waals surface area contributed by atoms with Crippen molar-refractivity contribution in [3.8, 4) is 0 Å². The second-order valence-corrected chi connectivity index (χ2v) is 3.59. The number of benzene rings is 1. The number of hydrogen-bond acceptors (Lipinski definition) is 2. The Morgan fingerprint density at radius 3 is 2.79 bits per heavy atom. The first kappa shape index (κ1) is 9.41. The Balaban J connectivity index is 2.63. The van der Waals surface area contributed by atoms with Gasteiger partial charge in [-0.25, -0.2) is 0 Å². The van der Waals surface area contributed by atoms with Gasteiger partial charge in [-0.1, -0.05) is 31.0 Å². The van der Waals surface area contributed by atoms with Gasteiger partial charge in [-0.3, -0.25) is 9.97 Å². The van der Waals surface area contributed by atoms with E-state index >= 15 is 0 Å². The molecule has 1 heterocycles. The molecule has 1 aromatic carbocycles. The molecule has 1 aromatic heterocycles. The lowest BCUT2D eigenvalue weighted by Gasteiger charge is -2.04. The van der Waals surface area contributed by atoms with Crippen molar-refractivity contribution < 1.29 is 0 Å². The van der Waals surface area contributed by atoms with E-state index in [4.69, 9.17) is 11.6 Å². The second kappa shape index (κ2) is 3.93. The van der Waals surface area contributed by atoms with Crippen molar-refractivity contribution in [2.75, 3.05) is 0 Å². The summed E-state index contributed by atoms with van der Waals surface area (Å²) < 4.78 is 0. The van der Waals surface area contributed by atoms with E-state index < -0.39 is 0 Å². The van der Waals surface area contributed by atoms with Gasteiger partial charge < -0.3 is 0 Å². The summed E-state index contributed by atoms with van der Waals surface area (Å²) in [5, 5.41) is 0.748. The molecule has 3 heteroatoms. The average molecular weight is 207 g/mol.